The average molecular weight is 451 g/mol. The molecular formula is C22H22BrF3N2. The molecule has 0 fully saturated rings. The van der Waals surface area contributed by atoms with Gasteiger partial charge < -0.3 is 5.73 Å². The third kappa shape index (κ3) is 9.37. The van der Waals surface area contributed by atoms with Gasteiger partial charge in [0, 0.05) is 10.0 Å². The molecule has 6 heteroatoms. The minimum atomic E-state index is -4.26. The number of halogens is 4. The molecule has 0 atom stereocenters. The molecule has 0 aliphatic carbocycles. The minimum Gasteiger partial charge on any atom is -0.384 e. The maximum atomic E-state index is 12.1. The highest BCUT2D eigenvalue weighted by molar-refractivity contribution is 9.10. The van der Waals surface area contributed by atoms with Gasteiger partial charge in [0.2, 0.25) is 0 Å². The van der Waals surface area contributed by atoms with Gasteiger partial charge in [-0.25, -0.2) is 0 Å². The number of amidine groups is 1. The average Bonchev–Trinajstić information content (AvgIpc) is 2.63. The summed E-state index contributed by atoms with van der Waals surface area (Å²) >= 11 is 3.01. The van der Waals surface area contributed by atoms with E-state index in [9.17, 15) is 13.2 Å². The quantitative estimate of drug-likeness (QED) is 0.312. The zero-order valence-electron chi connectivity index (χ0n) is 15.6. The van der Waals surface area contributed by atoms with Crippen molar-refractivity contribution in [2.45, 2.75) is 20.0 Å². The van der Waals surface area contributed by atoms with Gasteiger partial charge in [0.15, 0.2) is 0 Å². The Labute approximate surface area is 171 Å². The standard InChI is InChI=1S/C8H6BrF3.C7H8N2.C7H8/c1-5-2-6(8(10,11)12)4-7(9)3-5;8-7(9)6-4-2-1-3-5-6;1-7-5-3-2-4-6-7/h2-4H,1H3;1-5H,(H3,8,9);2-6H,1H3. The summed E-state index contributed by atoms with van der Waals surface area (Å²) in [7, 11) is 0. The molecule has 3 rings (SSSR count). The zero-order valence-corrected chi connectivity index (χ0v) is 17.2. The highest BCUT2D eigenvalue weighted by atomic mass is 79.9. The highest BCUT2D eigenvalue weighted by Crippen LogP contribution is 2.31. The molecule has 0 saturated carbocycles. The first-order valence-electron chi connectivity index (χ1n) is 8.35. The van der Waals surface area contributed by atoms with Crippen molar-refractivity contribution in [2.24, 2.45) is 5.73 Å². The molecule has 0 spiro atoms. The van der Waals surface area contributed by atoms with Crippen molar-refractivity contribution in [3.8, 4) is 0 Å². The molecule has 0 radical (unpaired) electrons. The first-order valence-corrected chi connectivity index (χ1v) is 9.14. The van der Waals surface area contributed by atoms with Crippen molar-refractivity contribution in [3.05, 3.63) is 106 Å². The monoisotopic (exact) mass is 450 g/mol. The van der Waals surface area contributed by atoms with Gasteiger partial charge in [-0.05, 0) is 37.6 Å². The van der Waals surface area contributed by atoms with Crippen LogP contribution in [0.1, 0.15) is 22.3 Å². The van der Waals surface area contributed by atoms with Crippen LogP contribution in [0.5, 0.6) is 0 Å². The first-order chi connectivity index (χ1) is 13.1. The summed E-state index contributed by atoms with van der Waals surface area (Å²) in [6.07, 6.45) is -4.26. The van der Waals surface area contributed by atoms with Gasteiger partial charge in [-0.2, -0.15) is 13.2 Å². The molecule has 148 valence electrons. The fourth-order valence-corrected chi connectivity index (χ4v) is 2.66. The molecule has 0 bridgehead atoms. The minimum absolute atomic E-state index is 0.121. The molecule has 3 N–H and O–H groups in total. The van der Waals surface area contributed by atoms with Gasteiger partial charge in [0.25, 0.3) is 0 Å². The van der Waals surface area contributed by atoms with Crippen LogP contribution in [-0.2, 0) is 6.18 Å². The maximum absolute atomic E-state index is 12.1. The zero-order chi connectivity index (χ0) is 21.2. The molecule has 0 aromatic heterocycles. The first kappa shape index (κ1) is 23.4. The molecule has 2 nitrogen and oxygen atoms in total. The van der Waals surface area contributed by atoms with Gasteiger partial charge in [0.1, 0.15) is 5.84 Å². The second-order valence-corrected chi connectivity index (χ2v) is 6.87. The molecule has 0 aliphatic heterocycles. The third-order valence-electron chi connectivity index (χ3n) is 3.39. The second-order valence-electron chi connectivity index (χ2n) is 5.95. The molecule has 0 aliphatic rings. The number of benzene rings is 3. The van der Waals surface area contributed by atoms with Gasteiger partial charge in [-0.15, -0.1) is 0 Å². The molecule has 28 heavy (non-hydrogen) atoms. The van der Waals surface area contributed by atoms with Gasteiger partial charge >= 0.3 is 6.18 Å². The summed E-state index contributed by atoms with van der Waals surface area (Å²) in [5, 5.41) is 7.01. The van der Waals surface area contributed by atoms with Crippen LogP contribution in [0.4, 0.5) is 13.2 Å². The van der Waals surface area contributed by atoms with E-state index in [2.05, 4.69) is 35.0 Å². The lowest BCUT2D eigenvalue weighted by atomic mass is 10.1. The fraction of sp³-hybridized carbons (Fsp3) is 0.136. The Hall–Kier alpha value is -2.60. The number of hydrogen-bond acceptors (Lipinski definition) is 1. The van der Waals surface area contributed by atoms with Gasteiger partial charge in [-0.1, -0.05) is 82.2 Å². The van der Waals surface area contributed by atoms with E-state index in [0.717, 1.165) is 17.7 Å². The summed E-state index contributed by atoms with van der Waals surface area (Å²) in [6, 6.07) is 23.3. The van der Waals surface area contributed by atoms with Crippen molar-refractivity contribution in [1.82, 2.24) is 0 Å². The lowest BCUT2D eigenvalue weighted by molar-refractivity contribution is -0.137. The normalized spacial score (nSPS) is 10.1. The molecule has 3 aromatic carbocycles. The predicted octanol–water partition coefficient (Wildman–Crippen LogP) is 6.74. The van der Waals surface area contributed by atoms with Crippen LogP contribution in [0.15, 0.2) is 83.3 Å². The van der Waals surface area contributed by atoms with E-state index in [0.29, 0.717) is 10.0 Å². The SMILES string of the molecule is Cc1cc(Br)cc(C(F)(F)F)c1.Cc1ccccc1.N=C(N)c1ccccc1. The predicted molar refractivity (Wildman–Crippen MR) is 113 cm³/mol. The highest BCUT2D eigenvalue weighted by Gasteiger charge is 2.30. The largest absolute Gasteiger partial charge is 0.416 e. The number of aryl methyl sites for hydroxylation is 2. The molecule has 0 unspecified atom stereocenters. The second kappa shape index (κ2) is 11.3. The summed E-state index contributed by atoms with van der Waals surface area (Å²) in [5.74, 6) is 0.121. The molecule has 3 aromatic rings. The van der Waals surface area contributed by atoms with Crippen molar-refractivity contribution < 1.29 is 13.2 Å². The maximum Gasteiger partial charge on any atom is 0.416 e. The van der Waals surface area contributed by atoms with Crippen LogP contribution in [0.25, 0.3) is 0 Å². The summed E-state index contributed by atoms with van der Waals surface area (Å²) < 4.78 is 36.8. The third-order valence-corrected chi connectivity index (χ3v) is 3.85. The Kier molecular flexibility index (Phi) is 9.45. The number of nitrogen functional groups attached to an aromatic ring is 1. The van der Waals surface area contributed by atoms with Gasteiger partial charge in [0.05, 0.1) is 5.56 Å². The fourth-order valence-electron chi connectivity index (χ4n) is 2.05. The number of nitrogens with two attached hydrogens (primary N) is 1. The smallest absolute Gasteiger partial charge is 0.384 e. The number of nitrogens with one attached hydrogen (secondary N) is 1. The van der Waals surface area contributed by atoms with E-state index in [1.807, 2.05) is 48.5 Å². The Morgan fingerprint density at radius 1 is 0.821 bits per heavy atom. The van der Waals surface area contributed by atoms with E-state index in [1.165, 1.54) is 5.56 Å². The molecule has 0 saturated heterocycles. The number of hydrogen-bond donors (Lipinski definition) is 2. The van der Waals surface area contributed by atoms with Crippen LogP contribution >= 0.6 is 15.9 Å². The van der Waals surface area contributed by atoms with Crippen LogP contribution in [0.2, 0.25) is 0 Å². The topological polar surface area (TPSA) is 49.9 Å². The van der Waals surface area contributed by atoms with E-state index in [1.54, 1.807) is 13.0 Å². The van der Waals surface area contributed by atoms with Crippen molar-refractivity contribution in [1.29, 1.82) is 5.41 Å². The molecular weight excluding hydrogens is 429 g/mol. The van der Waals surface area contributed by atoms with E-state index in [4.69, 9.17) is 11.1 Å². The Balaban J connectivity index is 0.000000218. The van der Waals surface area contributed by atoms with Crippen molar-refractivity contribution >= 4 is 21.8 Å². The van der Waals surface area contributed by atoms with Crippen molar-refractivity contribution in [3.63, 3.8) is 0 Å². The molecule has 0 amide bonds. The van der Waals surface area contributed by atoms with E-state index >= 15 is 0 Å². The number of rotatable bonds is 1. The summed E-state index contributed by atoms with van der Waals surface area (Å²) in [4.78, 5) is 0. The van der Waals surface area contributed by atoms with Crippen LogP contribution < -0.4 is 5.73 Å². The lowest BCUT2D eigenvalue weighted by Gasteiger charge is -2.07. The van der Waals surface area contributed by atoms with Crippen LogP contribution in [-0.4, -0.2) is 5.84 Å². The van der Waals surface area contributed by atoms with Crippen LogP contribution in [0.3, 0.4) is 0 Å². The summed E-state index contributed by atoms with van der Waals surface area (Å²) in [6.45, 7) is 3.71. The van der Waals surface area contributed by atoms with Crippen molar-refractivity contribution in [2.75, 3.05) is 0 Å². The van der Waals surface area contributed by atoms with E-state index < -0.39 is 11.7 Å². The van der Waals surface area contributed by atoms with Gasteiger partial charge in [-0.3, -0.25) is 5.41 Å². The summed E-state index contributed by atoms with van der Waals surface area (Å²) in [5.41, 5.74) is 7.27. The Morgan fingerprint density at radius 2 is 1.32 bits per heavy atom. The lowest BCUT2D eigenvalue weighted by Crippen LogP contribution is -2.10. The Bertz CT molecular complexity index is 844. The van der Waals surface area contributed by atoms with Crippen LogP contribution in [0, 0.1) is 19.3 Å². The number of alkyl halides is 3. The Morgan fingerprint density at radius 3 is 1.64 bits per heavy atom. The van der Waals surface area contributed by atoms with E-state index in [-0.39, 0.29) is 5.84 Å². The molecule has 0 heterocycles.